The molecule has 1 saturated heterocycles. The maximum Gasteiger partial charge on any atom is 0.305 e. The first-order valence-electron chi connectivity index (χ1n) is 9.15. The molecule has 1 fully saturated rings. The van der Waals surface area contributed by atoms with Crippen LogP contribution in [-0.2, 0) is 47.7 Å². The monoisotopic (exact) mass is 417 g/mol. The lowest BCUT2D eigenvalue weighted by molar-refractivity contribution is -0.271. The quantitative estimate of drug-likeness (QED) is 0.423. The molecule has 1 rings (SSSR count). The van der Waals surface area contributed by atoms with Crippen molar-refractivity contribution in [2.45, 2.75) is 78.1 Å². The molecule has 29 heavy (non-hydrogen) atoms. The number of carbonyl (C=O) groups is 5. The summed E-state index contributed by atoms with van der Waals surface area (Å²) in [6.45, 7) is 6.00. The van der Waals surface area contributed by atoms with Gasteiger partial charge in [-0.05, 0) is 6.42 Å². The van der Waals surface area contributed by atoms with E-state index in [2.05, 4.69) is 5.32 Å². The highest BCUT2D eigenvalue weighted by atomic mass is 16.7. The topological polar surface area (TPSA) is 144 Å². The van der Waals surface area contributed by atoms with Crippen LogP contribution in [0.5, 0.6) is 0 Å². The molecule has 0 aromatic carbocycles. The van der Waals surface area contributed by atoms with Crippen molar-refractivity contribution in [3.05, 3.63) is 0 Å². The molecule has 0 unspecified atom stereocenters. The van der Waals surface area contributed by atoms with Crippen LogP contribution in [0.15, 0.2) is 0 Å². The maximum absolute atomic E-state index is 12.2. The molecule has 0 aliphatic carbocycles. The summed E-state index contributed by atoms with van der Waals surface area (Å²) in [5, 5.41) is 2.60. The van der Waals surface area contributed by atoms with Crippen molar-refractivity contribution in [1.29, 1.82) is 0 Å². The number of carbonyl (C=O) groups excluding carboxylic acids is 5. The molecule has 164 valence electrons. The second-order valence-electron chi connectivity index (χ2n) is 6.45. The summed E-state index contributed by atoms with van der Waals surface area (Å²) in [5.41, 5.74) is 0. The van der Waals surface area contributed by atoms with Gasteiger partial charge in [-0.1, -0.05) is 6.92 Å². The van der Waals surface area contributed by atoms with Crippen LogP contribution in [-0.4, -0.2) is 67.0 Å². The highest BCUT2D eigenvalue weighted by molar-refractivity contribution is 5.76. The van der Waals surface area contributed by atoms with Gasteiger partial charge in [0.1, 0.15) is 18.8 Å². The molecule has 11 nitrogen and oxygen atoms in total. The smallest absolute Gasteiger partial charge is 0.305 e. The van der Waals surface area contributed by atoms with E-state index in [1.165, 1.54) is 6.92 Å². The van der Waals surface area contributed by atoms with Crippen LogP contribution in [0.2, 0.25) is 0 Å². The van der Waals surface area contributed by atoms with Crippen LogP contribution in [0.3, 0.4) is 0 Å². The van der Waals surface area contributed by atoms with Gasteiger partial charge in [-0.2, -0.15) is 0 Å². The Balaban J connectivity index is 3.31. The van der Waals surface area contributed by atoms with Gasteiger partial charge in [0.05, 0.1) is 0 Å². The summed E-state index contributed by atoms with van der Waals surface area (Å²) in [5.74, 6) is -3.19. The zero-order valence-corrected chi connectivity index (χ0v) is 17.1. The van der Waals surface area contributed by atoms with Gasteiger partial charge in [0.15, 0.2) is 12.2 Å². The third kappa shape index (κ3) is 8.06. The van der Waals surface area contributed by atoms with Crippen molar-refractivity contribution in [2.75, 3.05) is 6.61 Å². The van der Waals surface area contributed by atoms with E-state index in [9.17, 15) is 24.0 Å². The number of ether oxygens (including phenoxy) is 5. The highest BCUT2D eigenvalue weighted by Gasteiger charge is 2.52. The van der Waals surface area contributed by atoms with Gasteiger partial charge in [0, 0.05) is 34.1 Å². The molecular formula is C18H27NO10. The third-order valence-corrected chi connectivity index (χ3v) is 3.79. The maximum atomic E-state index is 12.2. The van der Waals surface area contributed by atoms with Crippen LogP contribution < -0.4 is 5.32 Å². The Kier molecular flexibility index (Phi) is 9.53. The molecule has 0 bridgehead atoms. The third-order valence-electron chi connectivity index (χ3n) is 3.79. The van der Waals surface area contributed by atoms with Crippen molar-refractivity contribution in [2.24, 2.45) is 0 Å². The highest BCUT2D eigenvalue weighted by Crippen LogP contribution is 2.28. The first-order valence-corrected chi connectivity index (χ1v) is 9.15. The zero-order chi connectivity index (χ0) is 22.1. The molecule has 11 heteroatoms. The van der Waals surface area contributed by atoms with Crippen LogP contribution in [0, 0.1) is 0 Å². The number of hydrogen-bond acceptors (Lipinski definition) is 10. The van der Waals surface area contributed by atoms with Crippen molar-refractivity contribution < 1.29 is 47.7 Å². The van der Waals surface area contributed by atoms with Crippen LogP contribution >= 0.6 is 0 Å². The van der Waals surface area contributed by atoms with E-state index in [-0.39, 0.29) is 13.0 Å². The van der Waals surface area contributed by atoms with Gasteiger partial charge in [-0.25, -0.2) is 0 Å². The number of amides is 1. The predicted octanol–water partition coefficient (Wildman–Crippen LogP) is -0.0142. The Labute approximate surface area is 168 Å². The Morgan fingerprint density at radius 3 is 1.86 bits per heavy atom. The molecule has 0 radical (unpaired) electrons. The Hall–Kier alpha value is -2.69. The van der Waals surface area contributed by atoms with Crippen molar-refractivity contribution in [3.8, 4) is 0 Å². The lowest BCUT2D eigenvalue weighted by Gasteiger charge is -2.44. The Morgan fingerprint density at radius 1 is 0.828 bits per heavy atom. The van der Waals surface area contributed by atoms with E-state index in [1.807, 2.05) is 0 Å². The molecule has 1 heterocycles. The summed E-state index contributed by atoms with van der Waals surface area (Å²) in [4.78, 5) is 58.2. The van der Waals surface area contributed by atoms with E-state index in [1.54, 1.807) is 6.92 Å². The summed E-state index contributed by atoms with van der Waals surface area (Å²) >= 11 is 0. The largest absolute Gasteiger partial charge is 0.463 e. The lowest BCUT2D eigenvalue weighted by Crippen LogP contribution is -2.67. The van der Waals surface area contributed by atoms with Crippen molar-refractivity contribution in [3.63, 3.8) is 0 Å². The minimum atomic E-state index is -1.37. The fraction of sp³-hybridized carbons (Fsp3) is 0.722. The number of nitrogens with one attached hydrogen (secondary N) is 1. The second kappa shape index (κ2) is 11.3. The van der Waals surface area contributed by atoms with Crippen LogP contribution in [0.25, 0.3) is 0 Å². The summed E-state index contributed by atoms with van der Waals surface area (Å²) in [6.07, 6.45) is -4.27. The van der Waals surface area contributed by atoms with E-state index in [4.69, 9.17) is 23.7 Å². The van der Waals surface area contributed by atoms with Gasteiger partial charge in [-0.15, -0.1) is 0 Å². The molecule has 0 spiro atoms. The van der Waals surface area contributed by atoms with Crippen molar-refractivity contribution >= 4 is 29.8 Å². The summed E-state index contributed by atoms with van der Waals surface area (Å²) < 4.78 is 26.3. The fourth-order valence-electron chi connectivity index (χ4n) is 2.81. The number of esters is 4. The molecule has 0 saturated carbocycles. The first-order chi connectivity index (χ1) is 13.5. The number of rotatable bonds is 8. The fourth-order valence-corrected chi connectivity index (χ4v) is 2.81. The van der Waals surface area contributed by atoms with Gasteiger partial charge < -0.3 is 29.0 Å². The van der Waals surface area contributed by atoms with Crippen LogP contribution in [0.1, 0.15) is 47.5 Å². The molecule has 5 atom stereocenters. The van der Waals surface area contributed by atoms with Crippen molar-refractivity contribution in [1.82, 2.24) is 5.32 Å². The second-order valence-corrected chi connectivity index (χ2v) is 6.45. The predicted molar refractivity (Wildman–Crippen MR) is 95.0 cm³/mol. The van der Waals surface area contributed by atoms with Gasteiger partial charge in [0.25, 0.3) is 0 Å². The van der Waals surface area contributed by atoms with Gasteiger partial charge in [-0.3, -0.25) is 24.0 Å². The molecule has 1 amide bonds. The normalized spacial score (nSPS) is 26.0. The molecular weight excluding hydrogens is 390 g/mol. The number of hydrogen-bond donors (Lipinski definition) is 1. The van der Waals surface area contributed by atoms with Gasteiger partial charge in [0.2, 0.25) is 12.2 Å². The molecule has 1 aliphatic rings. The van der Waals surface area contributed by atoms with Gasteiger partial charge >= 0.3 is 23.9 Å². The lowest BCUT2D eigenvalue weighted by atomic mass is 9.96. The Morgan fingerprint density at radius 2 is 1.38 bits per heavy atom. The summed E-state index contributed by atoms with van der Waals surface area (Å²) in [6, 6.07) is -1.15. The minimum absolute atomic E-state index is 0.158. The molecule has 1 aliphatic heterocycles. The molecule has 1 N–H and O–H groups in total. The van der Waals surface area contributed by atoms with E-state index in [0.29, 0.717) is 6.42 Å². The van der Waals surface area contributed by atoms with E-state index < -0.39 is 60.4 Å². The standard InChI is InChI=1S/C18H27NO10/c1-6-7-14(24)19-15-17(27-11(4)22)16(26-10(3)21)13(8-25-9(2)20)29-18(15)28-12(5)23/h13,15-18H,6-8H2,1-5H3,(H,19,24)/t13-,15+,16-,17+,18-/m1/s1. The Bertz CT molecular complexity index is 634. The molecule has 0 aromatic heterocycles. The summed E-state index contributed by atoms with van der Waals surface area (Å²) in [7, 11) is 0. The average Bonchev–Trinajstić information content (AvgIpc) is 2.57. The zero-order valence-electron chi connectivity index (χ0n) is 17.1. The minimum Gasteiger partial charge on any atom is -0.463 e. The van der Waals surface area contributed by atoms with Crippen LogP contribution in [0.4, 0.5) is 0 Å². The van der Waals surface area contributed by atoms with E-state index >= 15 is 0 Å². The van der Waals surface area contributed by atoms with E-state index in [0.717, 1.165) is 20.8 Å². The SMILES string of the molecule is CCCC(=O)N[C@@H]1[C@H](OC(C)=O)O[C@H](COC(C)=O)[C@@H](OC(C)=O)[C@H]1OC(C)=O. The average molecular weight is 417 g/mol. The molecule has 0 aromatic rings. The first kappa shape index (κ1) is 24.3.